The molecular formula is C13H16FNO. The first-order chi connectivity index (χ1) is 7.65. The molecule has 0 atom stereocenters. The first-order valence-corrected chi connectivity index (χ1v) is 5.42. The van der Waals surface area contributed by atoms with Crippen molar-refractivity contribution < 1.29 is 9.13 Å². The number of hydrogen-bond donors (Lipinski definition) is 0. The van der Waals surface area contributed by atoms with Gasteiger partial charge in [-0.05, 0) is 26.0 Å². The molecule has 0 aliphatic rings. The van der Waals surface area contributed by atoms with Crippen LogP contribution < -0.4 is 0 Å². The highest BCUT2D eigenvalue weighted by Crippen LogP contribution is 2.26. The average molecular weight is 221 g/mol. The highest BCUT2D eigenvalue weighted by Gasteiger charge is 2.14. The molecule has 0 aliphatic carbocycles. The number of aromatic nitrogens is 1. The number of fused-ring (bicyclic) bond motifs is 1. The molecule has 86 valence electrons. The molecule has 0 bridgehead atoms. The smallest absolute Gasteiger partial charge is 0.147 e. The number of para-hydroxylation sites is 1. The van der Waals surface area contributed by atoms with Crippen molar-refractivity contribution in [2.24, 2.45) is 0 Å². The van der Waals surface area contributed by atoms with Gasteiger partial charge in [-0.3, -0.25) is 0 Å². The third-order valence-corrected chi connectivity index (χ3v) is 2.70. The van der Waals surface area contributed by atoms with Crippen LogP contribution in [0.2, 0.25) is 0 Å². The van der Waals surface area contributed by atoms with E-state index in [0.29, 0.717) is 12.1 Å². The van der Waals surface area contributed by atoms with Crippen LogP contribution in [0, 0.1) is 5.82 Å². The zero-order chi connectivity index (χ0) is 11.7. The zero-order valence-electron chi connectivity index (χ0n) is 9.83. The summed E-state index contributed by atoms with van der Waals surface area (Å²) >= 11 is 0. The Morgan fingerprint density at radius 3 is 2.75 bits per heavy atom. The highest BCUT2D eigenvalue weighted by molar-refractivity contribution is 5.82. The maximum atomic E-state index is 13.8. The lowest BCUT2D eigenvalue weighted by atomic mass is 10.2. The van der Waals surface area contributed by atoms with E-state index in [0.717, 1.165) is 11.1 Å². The third-order valence-electron chi connectivity index (χ3n) is 2.70. The summed E-state index contributed by atoms with van der Waals surface area (Å²) in [7, 11) is 1.65. The summed E-state index contributed by atoms with van der Waals surface area (Å²) in [5.74, 6) is -0.173. The molecule has 0 saturated carbocycles. The van der Waals surface area contributed by atoms with Crippen molar-refractivity contribution in [1.29, 1.82) is 0 Å². The van der Waals surface area contributed by atoms with Crippen molar-refractivity contribution in [3.05, 3.63) is 35.8 Å². The van der Waals surface area contributed by atoms with Crippen LogP contribution >= 0.6 is 0 Å². The number of methoxy groups -OCH3 is 1. The summed E-state index contributed by atoms with van der Waals surface area (Å²) in [6.45, 7) is 4.60. The summed E-state index contributed by atoms with van der Waals surface area (Å²) in [6, 6.07) is 7.37. The Morgan fingerprint density at radius 2 is 2.12 bits per heavy atom. The van der Waals surface area contributed by atoms with Crippen LogP contribution in [0.25, 0.3) is 10.9 Å². The van der Waals surface area contributed by atoms with Crippen molar-refractivity contribution in [2.45, 2.75) is 26.5 Å². The second-order valence-corrected chi connectivity index (χ2v) is 4.21. The van der Waals surface area contributed by atoms with Crippen molar-refractivity contribution >= 4 is 10.9 Å². The van der Waals surface area contributed by atoms with E-state index in [2.05, 4.69) is 0 Å². The van der Waals surface area contributed by atoms with Gasteiger partial charge in [0.05, 0.1) is 12.1 Å². The van der Waals surface area contributed by atoms with E-state index < -0.39 is 0 Å². The second kappa shape index (κ2) is 4.26. The molecule has 2 rings (SSSR count). The standard InChI is InChI=1S/C13H16FNO/c1-9(2)15-11(8-16-3)7-10-5-4-6-12(14)13(10)15/h4-7,9H,8H2,1-3H3. The van der Waals surface area contributed by atoms with E-state index in [-0.39, 0.29) is 11.9 Å². The maximum Gasteiger partial charge on any atom is 0.147 e. The van der Waals surface area contributed by atoms with Crippen LogP contribution in [0.3, 0.4) is 0 Å². The first kappa shape index (κ1) is 11.1. The number of rotatable bonds is 3. The Balaban J connectivity index is 2.72. The van der Waals surface area contributed by atoms with Crippen LogP contribution in [-0.4, -0.2) is 11.7 Å². The van der Waals surface area contributed by atoms with Crippen LogP contribution in [0.5, 0.6) is 0 Å². The van der Waals surface area contributed by atoms with Crippen molar-refractivity contribution in [3.8, 4) is 0 Å². The lowest BCUT2D eigenvalue weighted by Crippen LogP contribution is -2.06. The van der Waals surface area contributed by atoms with Gasteiger partial charge in [0.25, 0.3) is 0 Å². The maximum absolute atomic E-state index is 13.8. The molecular weight excluding hydrogens is 205 g/mol. The Labute approximate surface area is 94.6 Å². The largest absolute Gasteiger partial charge is 0.378 e. The van der Waals surface area contributed by atoms with Gasteiger partial charge in [-0.15, -0.1) is 0 Å². The lowest BCUT2D eigenvalue weighted by molar-refractivity contribution is 0.177. The van der Waals surface area contributed by atoms with Gasteiger partial charge in [0, 0.05) is 24.2 Å². The highest BCUT2D eigenvalue weighted by atomic mass is 19.1. The van der Waals surface area contributed by atoms with Gasteiger partial charge >= 0.3 is 0 Å². The lowest BCUT2D eigenvalue weighted by Gasteiger charge is -2.14. The first-order valence-electron chi connectivity index (χ1n) is 5.42. The SMILES string of the molecule is COCc1cc2cccc(F)c2n1C(C)C. The Bertz CT molecular complexity index is 502. The molecule has 0 amide bonds. The molecule has 0 radical (unpaired) electrons. The molecule has 2 nitrogen and oxygen atoms in total. The van der Waals surface area contributed by atoms with Crippen LogP contribution in [-0.2, 0) is 11.3 Å². The van der Waals surface area contributed by atoms with Crippen LogP contribution in [0.1, 0.15) is 25.6 Å². The fraction of sp³-hybridized carbons (Fsp3) is 0.385. The van der Waals surface area contributed by atoms with Gasteiger partial charge in [-0.1, -0.05) is 12.1 Å². The molecule has 0 aliphatic heterocycles. The van der Waals surface area contributed by atoms with Crippen molar-refractivity contribution in [3.63, 3.8) is 0 Å². The minimum atomic E-state index is -0.173. The van der Waals surface area contributed by atoms with Gasteiger partial charge < -0.3 is 9.30 Å². The molecule has 0 spiro atoms. The predicted molar refractivity (Wildman–Crippen MR) is 63.0 cm³/mol. The summed E-state index contributed by atoms with van der Waals surface area (Å²) in [5, 5.41) is 0.931. The van der Waals surface area contributed by atoms with Gasteiger partial charge in [-0.25, -0.2) is 4.39 Å². The van der Waals surface area contributed by atoms with E-state index in [1.54, 1.807) is 13.2 Å². The molecule has 0 saturated heterocycles. The van der Waals surface area contributed by atoms with E-state index in [1.165, 1.54) is 6.07 Å². The molecule has 1 aromatic carbocycles. The Kier molecular flexibility index (Phi) is 2.97. The molecule has 2 aromatic rings. The molecule has 0 fully saturated rings. The third kappa shape index (κ3) is 1.71. The summed E-state index contributed by atoms with van der Waals surface area (Å²) in [6.07, 6.45) is 0. The summed E-state index contributed by atoms with van der Waals surface area (Å²) in [5.41, 5.74) is 1.68. The minimum absolute atomic E-state index is 0.173. The molecule has 0 unspecified atom stereocenters. The normalized spacial score (nSPS) is 11.6. The van der Waals surface area contributed by atoms with Gasteiger partial charge in [-0.2, -0.15) is 0 Å². The van der Waals surface area contributed by atoms with Crippen molar-refractivity contribution in [1.82, 2.24) is 4.57 Å². The summed E-state index contributed by atoms with van der Waals surface area (Å²) < 4.78 is 20.9. The average Bonchev–Trinajstić information content (AvgIpc) is 2.58. The molecule has 0 N–H and O–H groups in total. The molecule has 1 aromatic heterocycles. The van der Waals surface area contributed by atoms with Crippen LogP contribution in [0.4, 0.5) is 4.39 Å². The van der Waals surface area contributed by atoms with E-state index >= 15 is 0 Å². The zero-order valence-corrected chi connectivity index (χ0v) is 9.83. The second-order valence-electron chi connectivity index (χ2n) is 4.21. The minimum Gasteiger partial charge on any atom is -0.378 e. The molecule has 1 heterocycles. The molecule has 3 heteroatoms. The molecule has 16 heavy (non-hydrogen) atoms. The summed E-state index contributed by atoms with van der Waals surface area (Å²) in [4.78, 5) is 0. The predicted octanol–water partition coefficient (Wildman–Crippen LogP) is 3.51. The van der Waals surface area contributed by atoms with E-state index in [1.807, 2.05) is 30.5 Å². The Morgan fingerprint density at radius 1 is 1.38 bits per heavy atom. The number of nitrogens with zero attached hydrogens (tertiary/aromatic N) is 1. The van der Waals surface area contributed by atoms with Gasteiger partial charge in [0.1, 0.15) is 5.82 Å². The number of benzene rings is 1. The van der Waals surface area contributed by atoms with E-state index in [9.17, 15) is 4.39 Å². The van der Waals surface area contributed by atoms with Crippen LogP contribution in [0.15, 0.2) is 24.3 Å². The number of ether oxygens (including phenoxy) is 1. The number of hydrogen-bond acceptors (Lipinski definition) is 1. The quantitative estimate of drug-likeness (QED) is 0.773. The van der Waals surface area contributed by atoms with Gasteiger partial charge in [0.15, 0.2) is 0 Å². The van der Waals surface area contributed by atoms with Gasteiger partial charge in [0.2, 0.25) is 0 Å². The number of halogens is 1. The van der Waals surface area contributed by atoms with Crippen molar-refractivity contribution in [2.75, 3.05) is 7.11 Å². The fourth-order valence-electron chi connectivity index (χ4n) is 2.14. The Hall–Kier alpha value is -1.35. The monoisotopic (exact) mass is 221 g/mol. The van der Waals surface area contributed by atoms with E-state index in [4.69, 9.17) is 4.74 Å². The topological polar surface area (TPSA) is 14.2 Å². The fourth-order valence-corrected chi connectivity index (χ4v) is 2.14.